The van der Waals surface area contributed by atoms with E-state index in [0.717, 1.165) is 11.1 Å². The Balaban J connectivity index is 2.80. The van der Waals surface area contributed by atoms with E-state index in [2.05, 4.69) is 0 Å². The van der Waals surface area contributed by atoms with Crippen LogP contribution >= 0.6 is 0 Å². The van der Waals surface area contributed by atoms with Gasteiger partial charge in [0.2, 0.25) is 0 Å². The van der Waals surface area contributed by atoms with Crippen LogP contribution in [0, 0.1) is 0 Å². The summed E-state index contributed by atoms with van der Waals surface area (Å²) in [6.45, 7) is 0. The van der Waals surface area contributed by atoms with Gasteiger partial charge in [-0.25, -0.2) is 0 Å². The molecular formula is C8H7NO. The van der Waals surface area contributed by atoms with E-state index in [1.165, 1.54) is 0 Å². The van der Waals surface area contributed by atoms with Gasteiger partial charge in [0.25, 0.3) is 0 Å². The maximum absolute atomic E-state index is 5.61. The summed E-state index contributed by atoms with van der Waals surface area (Å²) in [4.78, 5) is 0. The first-order valence-corrected chi connectivity index (χ1v) is 3.08. The molecule has 2 heteroatoms. The molecule has 1 aliphatic heterocycles. The molecule has 0 unspecified atom stereocenters. The molecule has 0 radical (unpaired) electrons. The summed E-state index contributed by atoms with van der Waals surface area (Å²) in [7, 11) is 0. The number of nitrogens with two attached hydrogens (primary N) is 1. The van der Waals surface area contributed by atoms with Crippen molar-refractivity contribution in [3.8, 4) is 11.1 Å². The lowest BCUT2D eigenvalue weighted by Crippen LogP contribution is -1.86. The lowest BCUT2D eigenvalue weighted by Gasteiger charge is -1.99. The second-order valence-electron chi connectivity index (χ2n) is 2.22. The maximum atomic E-state index is 5.61. The number of hydrogen-bond donors (Lipinski definition) is 1. The Morgan fingerprint density at radius 1 is 1.20 bits per heavy atom. The highest BCUT2D eigenvalue weighted by Crippen LogP contribution is 2.27. The highest BCUT2D eigenvalue weighted by atomic mass is 16.3. The first kappa shape index (κ1) is 5.35. The predicted molar refractivity (Wildman–Crippen MR) is 39.7 cm³/mol. The summed E-state index contributed by atoms with van der Waals surface area (Å²) in [5.74, 6) is 0. The first-order chi connectivity index (χ1) is 4.88. The van der Waals surface area contributed by atoms with Crippen LogP contribution in [-0.4, -0.2) is 0 Å². The highest BCUT2D eigenvalue weighted by Gasteiger charge is 2.04. The van der Waals surface area contributed by atoms with E-state index in [0.29, 0.717) is 5.69 Å². The van der Waals surface area contributed by atoms with Gasteiger partial charge < -0.3 is 10.2 Å². The second-order valence-corrected chi connectivity index (χ2v) is 2.22. The quantitative estimate of drug-likeness (QED) is 0.596. The largest absolute Gasteiger partial charge is 0.470 e. The highest BCUT2D eigenvalue weighted by molar-refractivity contribution is 5.76. The van der Waals surface area contributed by atoms with Crippen LogP contribution in [0.2, 0.25) is 0 Å². The van der Waals surface area contributed by atoms with Crippen LogP contribution in [-0.2, 0) is 0 Å². The third-order valence-corrected chi connectivity index (χ3v) is 1.55. The zero-order chi connectivity index (χ0) is 6.97. The van der Waals surface area contributed by atoms with Crippen LogP contribution < -0.4 is 5.73 Å². The van der Waals surface area contributed by atoms with Gasteiger partial charge in [0.15, 0.2) is 0 Å². The van der Waals surface area contributed by atoms with Gasteiger partial charge in [0, 0.05) is 11.1 Å². The van der Waals surface area contributed by atoms with Gasteiger partial charge in [0.1, 0.15) is 6.26 Å². The average Bonchev–Trinajstić information content (AvgIpc) is 2.36. The number of nitrogen functional groups attached to an aromatic ring is 1. The van der Waals surface area contributed by atoms with E-state index in [-0.39, 0.29) is 0 Å². The third kappa shape index (κ3) is 0.589. The molecule has 1 heterocycles. The van der Waals surface area contributed by atoms with Gasteiger partial charge in [0.05, 0.1) is 12.0 Å². The van der Waals surface area contributed by atoms with Crippen molar-refractivity contribution in [3.63, 3.8) is 0 Å². The molecule has 0 aromatic rings. The monoisotopic (exact) mass is 133 g/mol. The van der Waals surface area contributed by atoms with Crippen LogP contribution in [0.5, 0.6) is 0 Å². The minimum atomic E-state index is 0.697. The fraction of sp³-hybridized carbons (Fsp3) is 0. The molecule has 0 aromatic carbocycles. The van der Waals surface area contributed by atoms with Gasteiger partial charge in [-0.3, -0.25) is 0 Å². The molecule has 0 bridgehead atoms. The van der Waals surface area contributed by atoms with E-state index >= 15 is 0 Å². The zero-order valence-electron chi connectivity index (χ0n) is 5.37. The topological polar surface area (TPSA) is 39.2 Å². The number of hydrogen-bond acceptors (Lipinski definition) is 2. The average molecular weight is 133 g/mol. The smallest absolute Gasteiger partial charge is 0.114 e. The normalized spacial score (nSPS) is 10.4. The van der Waals surface area contributed by atoms with Crippen LogP contribution in [0.15, 0.2) is 35.1 Å². The molecule has 0 atom stereocenters. The summed E-state index contributed by atoms with van der Waals surface area (Å²) in [6.07, 6.45) is 3.23. The van der Waals surface area contributed by atoms with E-state index in [1.807, 2.05) is 18.2 Å². The Bertz CT molecular complexity index is 313. The van der Waals surface area contributed by atoms with Crippen LogP contribution in [0.3, 0.4) is 0 Å². The van der Waals surface area contributed by atoms with Crippen molar-refractivity contribution in [2.24, 2.45) is 0 Å². The van der Waals surface area contributed by atoms with Crippen LogP contribution in [0.4, 0.5) is 5.69 Å². The maximum Gasteiger partial charge on any atom is 0.114 e. The van der Waals surface area contributed by atoms with Crippen molar-refractivity contribution in [3.05, 3.63) is 30.7 Å². The zero-order valence-corrected chi connectivity index (χ0v) is 5.37. The lowest BCUT2D eigenvalue weighted by atomic mass is 10.2. The Kier molecular flexibility index (Phi) is 0.947. The van der Waals surface area contributed by atoms with E-state index in [4.69, 9.17) is 10.2 Å². The fourth-order valence-electron chi connectivity index (χ4n) is 1.04. The number of rotatable bonds is 0. The minimum absolute atomic E-state index is 0.697. The number of anilines is 1. The van der Waals surface area contributed by atoms with Gasteiger partial charge in [-0.15, -0.1) is 0 Å². The molecule has 0 amide bonds. The molecule has 2 N–H and O–H groups in total. The minimum Gasteiger partial charge on any atom is -0.470 e. The molecule has 2 rings (SSSR count). The first-order valence-electron chi connectivity index (χ1n) is 3.08. The molecule has 0 saturated heterocycles. The van der Waals surface area contributed by atoms with E-state index < -0.39 is 0 Å². The molecule has 0 fully saturated rings. The summed E-state index contributed by atoms with van der Waals surface area (Å²) in [5.41, 5.74) is 8.42. The summed E-state index contributed by atoms with van der Waals surface area (Å²) in [5, 5.41) is 0. The van der Waals surface area contributed by atoms with Crippen molar-refractivity contribution in [1.29, 1.82) is 0 Å². The standard InChI is InChI=1S/C8H7NO/c9-8-5-10-4-6-2-1-3-7(6)8/h1-5H,9H2. The summed E-state index contributed by atoms with van der Waals surface area (Å²) < 4.78 is 4.95. The van der Waals surface area contributed by atoms with Gasteiger partial charge in [-0.1, -0.05) is 18.2 Å². The molecule has 50 valence electrons. The van der Waals surface area contributed by atoms with Crippen molar-refractivity contribution in [2.75, 3.05) is 5.73 Å². The van der Waals surface area contributed by atoms with Crippen molar-refractivity contribution >= 4 is 5.69 Å². The van der Waals surface area contributed by atoms with Crippen molar-refractivity contribution < 1.29 is 4.42 Å². The number of fused-ring (bicyclic) bond motifs is 1. The van der Waals surface area contributed by atoms with Gasteiger partial charge >= 0.3 is 0 Å². The lowest BCUT2D eigenvalue weighted by molar-refractivity contribution is 0.554. The Labute approximate surface area is 58.6 Å². The molecule has 2 nitrogen and oxygen atoms in total. The molecule has 1 aliphatic carbocycles. The van der Waals surface area contributed by atoms with Crippen molar-refractivity contribution in [1.82, 2.24) is 0 Å². The third-order valence-electron chi connectivity index (χ3n) is 1.55. The molecule has 2 aliphatic rings. The molecule has 10 heavy (non-hydrogen) atoms. The van der Waals surface area contributed by atoms with Crippen LogP contribution in [0.25, 0.3) is 11.1 Å². The van der Waals surface area contributed by atoms with Gasteiger partial charge in [-0.05, 0) is 0 Å². The Morgan fingerprint density at radius 3 is 2.90 bits per heavy atom. The summed E-state index contributed by atoms with van der Waals surface area (Å²) in [6, 6.07) is 5.89. The van der Waals surface area contributed by atoms with Gasteiger partial charge in [-0.2, -0.15) is 0 Å². The molecular weight excluding hydrogens is 126 g/mol. The SMILES string of the molecule is Nc1cocc2cccc1-2. The second kappa shape index (κ2) is 1.77. The van der Waals surface area contributed by atoms with Crippen molar-refractivity contribution in [2.45, 2.75) is 0 Å². The predicted octanol–water partition coefficient (Wildman–Crippen LogP) is 1.97. The summed E-state index contributed by atoms with van der Waals surface area (Å²) >= 11 is 0. The van der Waals surface area contributed by atoms with E-state index in [1.54, 1.807) is 12.5 Å². The molecule has 0 aromatic heterocycles. The fourth-order valence-corrected chi connectivity index (χ4v) is 1.04. The molecule has 0 saturated carbocycles. The van der Waals surface area contributed by atoms with E-state index in [9.17, 15) is 0 Å². The Hall–Kier alpha value is -1.44. The molecule has 0 spiro atoms. The van der Waals surface area contributed by atoms with Crippen LogP contribution in [0.1, 0.15) is 0 Å². The Morgan fingerprint density at radius 2 is 2.10 bits per heavy atom.